The molecule has 1 atom stereocenters. The lowest BCUT2D eigenvalue weighted by Crippen LogP contribution is -2.41. The zero-order valence-corrected chi connectivity index (χ0v) is 17.6. The van der Waals surface area contributed by atoms with Crippen molar-refractivity contribution in [2.45, 2.75) is 26.2 Å². The van der Waals surface area contributed by atoms with Gasteiger partial charge in [0, 0.05) is 42.0 Å². The largest absolute Gasteiger partial charge is 0.381 e. The first-order chi connectivity index (χ1) is 12.6. The van der Waals surface area contributed by atoms with Gasteiger partial charge in [0.15, 0.2) is 0 Å². The molecule has 2 amide bonds. The van der Waals surface area contributed by atoms with Crippen molar-refractivity contribution in [3.8, 4) is 0 Å². The van der Waals surface area contributed by atoms with Crippen LogP contribution < -0.4 is 5.32 Å². The Morgan fingerprint density at radius 3 is 2.85 bits per heavy atom. The lowest BCUT2D eigenvalue weighted by molar-refractivity contribution is -0.133. The Bertz CT molecular complexity index is 583. The van der Waals surface area contributed by atoms with Crippen molar-refractivity contribution in [2.24, 2.45) is 5.92 Å². The summed E-state index contributed by atoms with van der Waals surface area (Å²) in [4.78, 5) is 26.2. The summed E-state index contributed by atoms with van der Waals surface area (Å²) in [5.41, 5.74) is 0.781. The van der Waals surface area contributed by atoms with E-state index in [9.17, 15) is 9.59 Å². The first-order valence-electron chi connectivity index (χ1n) is 9.07. The Balaban J connectivity index is 1.61. The van der Waals surface area contributed by atoms with Gasteiger partial charge in [-0.2, -0.15) is 11.8 Å². The minimum atomic E-state index is -0.0421. The van der Waals surface area contributed by atoms with E-state index < -0.39 is 0 Å². The predicted octanol–water partition coefficient (Wildman–Crippen LogP) is 3.79. The molecule has 0 radical (unpaired) electrons. The highest BCUT2D eigenvalue weighted by atomic mass is 79.9. The normalized spacial score (nSPS) is 17.2. The average molecular weight is 443 g/mol. The maximum atomic E-state index is 12.4. The van der Waals surface area contributed by atoms with Crippen LogP contribution in [0.5, 0.6) is 0 Å². The summed E-state index contributed by atoms with van der Waals surface area (Å²) in [6.45, 7) is 5.11. The SMILES string of the molecule is CCOCC1CCCN(C(=O)CCSCC(=O)Nc2ccc(Br)cc2)C1. The molecule has 1 saturated heterocycles. The van der Waals surface area contributed by atoms with E-state index in [1.54, 1.807) is 0 Å². The van der Waals surface area contributed by atoms with Crippen molar-refractivity contribution in [1.29, 1.82) is 0 Å². The number of halogens is 1. The Morgan fingerprint density at radius 2 is 2.12 bits per heavy atom. The molecular weight excluding hydrogens is 416 g/mol. The Kier molecular flexibility index (Phi) is 9.50. The number of rotatable bonds is 9. The smallest absolute Gasteiger partial charge is 0.234 e. The third-order valence-electron chi connectivity index (χ3n) is 4.25. The van der Waals surface area contributed by atoms with E-state index in [4.69, 9.17) is 4.74 Å². The van der Waals surface area contributed by atoms with Crippen molar-refractivity contribution < 1.29 is 14.3 Å². The summed E-state index contributed by atoms with van der Waals surface area (Å²) in [6, 6.07) is 7.48. The summed E-state index contributed by atoms with van der Waals surface area (Å²) in [7, 11) is 0. The number of piperidine rings is 1. The zero-order valence-electron chi connectivity index (χ0n) is 15.2. The molecule has 1 fully saturated rings. The maximum absolute atomic E-state index is 12.4. The van der Waals surface area contributed by atoms with Crippen LogP contribution in [0.3, 0.4) is 0 Å². The van der Waals surface area contributed by atoms with Crippen LogP contribution in [0.25, 0.3) is 0 Å². The van der Waals surface area contributed by atoms with E-state index in [0.29, 0.717) is 23.8 Å². The highest BCUT2D eigenvalue weighted by Crippen LogP contribution is 2.18. The Hall–Kier alpha value is -1.05. The lowest BCUT2D eigenvalue weighted by Gasteiger charge is -2.32. The van der Waals surface area contributed by atoms with E-state index in [0.717, 1.165) is 49.3 Å². The van der Waals surface area contributed by atoms with E-state index in [2.05, 4.69) is 21.2 Å². The lowest BCUT2D eigenvalue weighted by atomic mass is 9.99. The van der Waals surface area contributed by atoms with Gasteiger partial charge >= 0.3 is 0 Å². The molecule has 1 heterocycles. The van der Waals surface area contributed by atoms with Crippen LogP contribution in [-0.4, -0.2) is 54.5 Å². The third kappa shape index (κ3) is 7.68. The first kappa shape index (κ1) is 21.3. The van der Waals surface area contributed by atoms with Gasteiger partial charge in [0.1, 0.15) is 0 Å². The Labute approximate surface area is 168 Å². The van der Waals surface area contributed by atoms with Gasteiger partial charge in [0.2, 0.25) is 11.8 Å². The van der Waals surface area contributed by atoms with Gasteiger partial charge in [-0.3, -0.25) is 9.59 Å². The summed E-state index contributed by atoms with van der Waals surface area (Å²) >= 11 is 4.86. The monoisotopic (exact) mass is 442 g/mol. The summed E-state index contributed by atoms with van der Waals surface area (Å²) in [5, 5.41) is 2.86. The van der Waals surface area contributed by atoms with E-state index in [1.165, 1.54) is 11.8 Å². The second-order valence-corrected chi connectivity index (χ2v) is 8.39. The summed E-state index contributed by atoms with van der Waals surface area (Å²) in [5.74, 6) is 1.62. The number of benzene rings is 1. The number of carbonyl (C=O) groups excluding carboxylic acids is 2. The third-order valence-corrected chi connectivity index (χ3v) is 5.74. The second-order valence-electron chi connectivity index (χ2n) is 6.37. The van der Waals surface area contributed by atoms with Crippen molar-refractivity contribution >= 4 is 45.2 Å². The van der Waals surface area contributed by atoms with E-state index in [-0.39, 0.29) is 11.8 Å². The fourth-order valence-electron chi connectivity index (χ4n) is 2.92. The van der Waals surface area contributed by atoms with Gasteiger partial charge in [0.05, 0.1) is 12.4 Å². The topological polar surface area (TPSA) is 58.6 Å². The second kappa shape index (κ2) is 11.6. The van der Waals surface area contributed by atoms with Crippen LogP contribution in [0.15, 0.2) is 28.7 Å². The van der Waals surface area contributed by atoms with E-state index >= 15 is 0 Å². The number of anilines is 1. The standard InChI is InChI=1S/C19H27BrN2O3S/c1-2-25-13-15-4-3-10-22(12-15)19(24)9-11-26-14-18(23)21-17-7-5-16(20)6-8-17/h5-8,15H,2-4,9-14H2,1H3,(H,21,23). The number of carbonyl (C=O) groups is 2. The molecule has 1 aromatic rings. The molecule has 0 bridgehead atoms. The first-order valence-corrected chi connectivity index (χ1v) is 11.0. The van der Waals surface area contributed by atoms with Gasteiger partial charge in [-0.1, -0.05) is 15.9 Å². The van der Waals surface area contributed by atoms with Crippen LogP contribution in [-0.2, 0) is 14.3 Å². The quantitative estimate of drug-likeness (QED) is 0.591. The molecule has 1 aromatic carbocycles. The number of nitrogens with zero attached hydrogens (tertiary/aromatic N) is 1. The number of amides is 2. The fourth-order valence-corrected chi connectivity index (χ4v) is 3.91. The van der Waals surface area contributed by atoms with E-state index in [1.807, 2.05) is 36.1 Å². The van der Waals surface area contributed by atoms with Crippen LogP contribution in [0.1, 0.15) is 26.2 Å². The molecule has 1 N–H and O–H groups in total. The van der Waals surface area contributed by atoms with Crippen LogP contribution in [0, 0.1) is 5.92 Å². The number of ether oxygens (including phenoxy) is 1. The average Bonchev–Trinajstić information content (AvgIpc) is 2.65. The van der Waals surface area contributed by atoms with Crippen LogP contribution in [0.2, 0.25) is 0 Å². The number of hydrogen-bond donors (Lipinski definition) is 1. The highest BCUT2D eigenvalue weighted by Gasteiger charge is 2.23. The van der Waals surface area contributed by atoms with Gasteiger partial charge in [-0.05, 0) is 49.9 Å². The molecule has 0 aromatic heterocycles. The summed E-state index contributed by atoms with van der Waals surface area (Å²) in [6.07, 6.45) is 2.67. The van der Waals surface area contributed by atoms with Crippen LogP contribution >= 0.6 is 27.7 Å². The van der Waals surface area contributed by atoms with Gasteiger partial charge in [-0.25, -0.2) is 0 Å². The molecule has 1 aliphatic heterocycles. The molecule has 5 nitrogen and oxygen atoms in total. The molecule has 0 spiro atoms. The van der Waals surface area contributed by atoms with Crippen LogP contribution in [0.4, 0.5) is 5.69 Å². The van der Waals surface area contributed by atoms with Crippen molar-refractivity contribution in [2.75, 3.05) is 43.1 Å². The number of thioether (sulfide) groups is 1. The van der Waals surface area contributed by atoms with Gasteiger partial charge in [-0.15, -0.1) is 0 Å². The van der Waals surface area contributed by atoms with Gasteiger partial charge in [0.25, 0.3) is 0 Å². The fraction of sp³-hybridized carbons (Fsp3) is 0.579. The molecule has 2 rings (SSSR count). The molecule has 144 valence electrons. The number of likely N-dealkylation sites (tertiary alicyclic amines) is 1. The number of nitrogens with one attached hydrogen (secondary N) is 1. The molecule has 1 aliphatic rings. The molecule has 0 saturated carbocycles. The molecule has 7 heteroatoms. The molecular formula is C19H27BrN2O3S. The predicted molar refractivity (Wildman–Crippen MR) is 111 cm³/mol. The van der Waals surface area contributed by atoms with Gasteiger partial charge < -0.3 is 15.0 Å². The summed E-state index contributed by atoms with van der Waals surface area (Å²) < 4.78 is 6.47. The zero-order chi connectivity index (χ0) is 18.8. The van der Waals surface area contributed by atoms with Crippen molar-refractivity contribution in [3.05, 3.63) is 28.7 Å². The molecule has 26 heavy (non-hydrogen) atoms. The minimum absolute atomic E-state index is 0.0421. The van der Waals surface area contributed by atoms with Crippen molar-refractivity contribution in [3.63, 3.8) is 0 Å². The Morgan fingerprint density at radius 1 is 1.35 bits per heavy atom. The molecule has 1 unspecified atom stereocenters. The number of hydrogen-bond acceptors (Lipinski definition) is 4. The maximum Gasteiger partial charge on any atom is 0.234 e. The minimum Gasteiger partial charge on any atom is -0.381 e. The highest BCUT2D eigenvalue weighted by molar-refractivity contribution is 9.10. The molecule has 0 aliphatic carbocycles. The van der Waals surface area contributed by atoms with Crippen molar-refractivity contribution in [1.82, 2.24) is 4.90 Å².